The quantitative estimate of drug-likeness (QED) is 0.680. The van der Waals surface area contributed by atoms with E-state index in [0.717, 1.165) is 5.56 Å². The number of hydrogen-bond acceptors (Lipinski definition) is 1. The highest BCUT2D eigenvalue weighted by atomic mass is 16.2. The SMILES string of the molecule is Cc1ccc(C=CCO)cc1. The maximum atomic E-state index is 8.50. The fourth-order valence-electron chi connectivity index (χ4n) is 0.866. The van der Waals surface area contributed by atoms with E-state index in [1.54, 1.807) is 6.08 Å². The number of aryl methyl sites for hydroxylation is 1. The molecule has 0 fully saturated rings. The van der Waals surface area contributed by atoms with Crippen LogP contribution >= 0.6 is 0 Å². The Hall–Kier alpha value is -1.08. The first-order valence-electron chi connectivity index (χ1n) is 3.67. The highest BCUT2D eigenvalue weighted by molar-refractivity contribution is 5.49. The van der Waals surface area contributed by atoms with Crippen molar-refractivity contribution in [2.75, 3.05) is 6.61 Å². The Morgan fingerprint density at radius 1 is 1.27 bits per heavy atom. The van der Waals surface area contributed by atoms with Gasteiger partial charge in [-0.1, -0.05) is 42.0 Å². The first-order valence-corrected chi connectivity index (χ1v) is 3.67. The van der Waals surface area contributed by atoms with E-state index in [1.165, 1.54) is 5.56 Å². The normalized spacial score (nSPS) is 10.7. The van der Waals surface area contributed by atoms with Crippen LogP contribution in [0.25, 0.3) is 6.08 Å². The fourth-order valence-corrected chi connectivity index (χ4v) is 0.866. The average Bonchev–Trinajstić information content (AvgIpc) is 2.04. The molecule has 0 saturated heterocycles. The second-order valence-corrected chi connectivity index (χ2v) is 2.50. The zero-order chi connectivity index (χ0) is 8.10. The summed E-state index contributed by atoms with van der Waals surface area (Å²) in [6, 6.07) is 8.16. The van der Waals surface area contributed by atoms with Crippen LogP contribution in [0.2, 0.25) is 0 Å². The van der Waals surface area contributed by atoms with E-state index < -0.39 is 0 Å². The largest absolute Gasteiger partial charge is 0.392 e. The van der Waals surface area contributed by atoms with Crippen molar-refractivity contribution < 1.29 is 5.11 Å². The standard InChI is InChI=1S/C10H12O/c1-9-4-6-10(7-5-9)3-2-8-11/h2-7,11H,8H2,1H3. The van der Waals surface area contributed by atoms with E-state index in [9.17, 15) is 0 Å². The van der Waals surface area contributed by atoms with Crippen LogP contribution in [-0.2, 0) is 0 Å². The predicted molar refractivity (Wildman–Crippen MR) is 47.3 cm³/mol. The third-order valence-electron chi connectivity index (χ3n) is 1.49. The highest BCUT2D eigenvalue weighted by Crippen LogP contribution is 2.04. The topological polar surface area (TPSA) is 20.2 Å². The molecule has 0 amide bonds. The summed E-state index contributed by atoms with van der Waals surface area (Å²) < 4.78 is 0. The average molecular weight is 148 g/mol. The molecule has 0 bridgehead atoms. The minimum Gasteiger partial charge on any atom is -0.392 e. The lowest BCUT2D eigenvalue weighted by Gasteiger charge is -1.93. The number of benzene rings is 1. The van der Waals surface area contributed by atoms with Crippen molar-refractivity contribution in [2.24, 2.45) is 0 Å². The van der Waals surface area contributed by atoms with Crippen LogP contribution in [0.4, 0.5) is 0 Å². The molecule has 1 rings (SSSR count). The molecule has 0 aliphatic heterocycles. The van der Waals surface area contributed by atoms with Gasteiger partial charge in [-0.05, 0) is 12.5 Å². The summed E-state index contributed by atoms with van der Waals surface area (Å²) in [6.07, 6.45) is 3.63. The zero-order valence-corrected chi connectivity index (χ0v) is 6.62. The Balaban J connectivity index is 2.73. The van der Waals surface area contributed by atoms with Crippen LogP contribution in [0.3, 0.4) is 0 Å². The number of rotatable bonds is 2. The number of hydrogen-bond donors (Lipinski definition) is 1. The maximum absolute atomic E-state index is 8.50. The van der Waals surface area contributed by atoms with Crippen LogP contribution in [0.1, 0.15) is 11.1 Å². The van der Waals surface area contributed by atoms with Gasteiger partial charge in [0, 0.05) is 0 Å². The number of aliphatic hydroxyl groups excluding tert-OH is 1. The van der Waals surface area contributed by atoms with Crippen LogP contribution in [0, 0.1) is 6.92 Å². The molecule has 0 atom stereocenters. The monoisotopic (exact) mass is 148 g/mol. The molecule has 1 nitrogen and oxygen atoms in total. The van der Waals surface area contributed by atoms with Gasteiger partial charge in [0.25, 0.3) is 0 Å². The summed E-state index contributed by atoms with van der Waals surface area (Å²) in [5.41, 5.74) is 2.38. The Morgan fingerprint density at radius 3 is 2.45 bits per heavy atom. The predicted octanol–water partition coefficient (Wildman–Crippen LogP) is 2.00. The molecule has 1 aromatic rings. The molecular weight excluding hydrogens is 136 g/mol. The highest BCUT2D eigenvalue weighted by Gasteiger charge is 1.84. The summed E-state index contributed by atoms with van der Waals surface area (Å²) in [5.74, 6) is 0. The molecule has 0 unspecified atom stereocenters. The summed E-state index contributed by atoms with van der Waals surface area (Å²) in [6.45, 7) is 2.16. The van der Waals surface area contributed by atoms with Gasteiger partial charge in [0.15, 0.2) is 0 Å². The van der Waals surface area contributed by atoms with Crippen molar-refractivity contribution in [3.8, 4) is 0 Å². The van der Waals surface area contributed by atoms with Gasteiger partial charge in [0.2, 0.25) is 0 Å². The molecular formula is C10H12O. The zero-order valence-electron chi connectivity index (χ0n) is 6.62. The summed E-state index contributed by atoms with van der Waals surface area (Å²) >= 11 is 0. The fraction of sp³-hybridized carbons (Fsp3) is 0.200. The van der Waals surface area contributed by atoms with Crippen molar-refractivity contribution >= 4 is 6.08 Å². The molecule has 1 aromatic carbocycles. The maximum Gasteiger partial charge on any atom is 0.0615 e. The van der Waals surface area contributed by atoms with E-state index in [1.807, 2.05) is 18.2 Å². The lowest BCUT2D eigenvalue weighted by atomic mass is 10.1. The van der Waals surface area contributed by atoms with Gasteiger partial charge in [0.1, 0.15) is 0 Å². The van der Waals surface area contributed by atoms with Crippen molar-refractivity contribution in [3.63, 3.8) is 0 Å². The molecule has 0 aromatic heterocycles. The summed E-state index contributed by atoms with van der Waals surface area (Å²) in [7, 11) is 0. The van der Waals surface area contributed by atoms with Crippen molar-refractivity contribution in [3.05, 3.63) is 41.5 Å². The summed E-state index contributed by atoms with van der Waals surface area (Å²) in [5, 5.41) is 8.50. The minimum atomic E-state index is 0.105. The van der Waals surface area contributed by atoms with Gasteiger partial charge in [-0.3, -0.25) is 0 Å². The second kappa shape index (κ2) is 3.94. The third kappa shape index (κ3) is 2.56. The van der Waals surface area contributed by atoms with E-state index >= 15 is 0 Å². The molecule has 0 aliphatic rings. The molecule has 1 heteroatoms. The van der Waals surface area contributed by atoms with E-state index in [-0.39, 0.29) is 6.61 Å². The Bertz CT molecular complexity index is 234. The van der Waals surface area contributed by atoms with Crippen LogP contribution < -0.4 is 0 Å². The van der Waals surface area contributed by atoms with Crippen molar-refractivity contribution in [1.29, 1.82) is 0 Å². The Morgan fingerprint density at radius 2 is 1.91 bits per heavy atom. The molecule has 11 heavy (non-hydrogen) atoms. The van der Waals surface area contributed by atoms with E-state index in [4.69, 9.17) is 5.11 Å². The smallest absolute Gasteiger partial charge is 0.0615 e. The van der Waals surface area contributed by atoms with Crippen LogP contribution in [0.15, 0.2) is 30.3 Å². The third-order valence-corrected chi connectivity index (χ3v) is 1.49. The molecule has 0 spiro atoms. The molecule has 58 valence electrons. The van der Waals surface area contributed by atoms with Crippen molar-refractivity contribution in [2.45, 2.75) is 6.92 Å². The van der Waals surface area contributed by atoms with Gasteiger partial charge in [0.05, 0.1) is 6.61 Å². The van der Waals surface area contributed by atoms with Crippen LogP contribution in [0.5, 0.6) is 0 Å². The lowest BCUT2D eigenvalue weighted by molar-refractivity contribution is 0.343. The van der Waals surface area contributed by atoms with Gasteiger partial charge >= 0.3 is 0 Å². The van der Waals surface area contributed by atoms with Gasteiger partial charge in [-0.2, -0.15) is 0 Å². The Labute approximate surface area is 67.0 Å². The molecule has 0 aliphatic carbocycles. The number of aliphatic hydroxyl groups is 1. The first-order chi connectivity index (χ1) is 5.33. The molecule has 1 N–H and O–H groups in total. The van der Waals surface area contributed by atoms with Crippen LogP contribution in [-0.4, -0.2) is 11.7 Å². The van der Waals surface area contributed by atoms with Gasteiger partial charge < -0.3 is 5.11 Å². The molecule has 0 saturated carbocycles. The second-order valence-electron chi connectivity index (χ2n) is 2.50. The van der Waals surface area contributed by atoms with E-state index in [0.29, 0.717) is 0 Å². The first kappa shape index (κ1) is 8.02. The Kier molecular flexibility index (Phi) is 2.87. The lowest BCUT2D eigenvalue weighted by Crippen LogP contribution is -1.75. The minimum absolute atomic E-state index is 0.105. The van der Waals surface area contributed by atoms with Gasteiger partial charge in [-0.25, -0.2) is 0 Å². The molecule has 0 heterocycles. The van der Waals surface area contributed by atoms with E-state index in [2.05, 4.69) is 19.1 Å². The van der Waals surface area contributed by atoms with Gasteiger partial charge in [-0.15, -0.1) is 0 Å². The van der Waals surface area contributed by atoms with Crippen molar-refractivity contribution in [1.82, 2.24) is 0 Å². The summed E-state index contributed by atoms with van der Waals surface area (Å²) in [4.78, 5) is 0. The molecule has 0 radical (unpaired) electrons.